The summed E-state index contributed by atoms with van der Waals surface area (Å²) in [5.41, 5.74) is -0.146. The van der Waals surface area contributed by atoms with Crippen LogP contribution in [-0.2, 0) is 9.53 Å². The number of amides is 1. The lowest BCUT2D eigenvalue weighted by atomic mass is 10.0. The quantitative estimate of drug-likeness (QED) is 0.786. The molecule has 1 N–H and O–H groups in total. The lowest BCUT2D eigenvalue weighted by molar-refractivity contribution is -0.122. The fraction of sp³-hybridized carbons (Fsp3) is 0.533. The van der Waals surface area contributed by atoms with E-state index in [4.69, 9.17) is 4.74 Å². The fourth-order valence-corrected chi connectivity index (χ4v) is 4.36. The van der Waals surface area contributed by atoms with Crippen LogP contribution in [0, 0.1) is 0 Å². The molecule has 0 aromatic heterocycles. The molecule has 5 heteroatoms. The Morgan fingerprint density at radius 1 is 1.45 bits per heavy atom. The molecule has 0 saturated carbocycles. The standard InChI is InChI=1S/C15H21NO2S2/c1-18-15(8-10-19-12-15)11-16-14(17)7-9-20-13-5-3-2-4-6-13/h2-6H,7-12H2,1H3,(H,16,17)/t15-/m0/s1. The van der Waals surface area contributed by atoms with Crippen molar-refractivity contribution < 1.29 is 9.53 Å². The summed E-state index contributed by atoms with van der Waals surface area (Å²) in [7, 11) is 1.74. The van der Waals surface area contributed by atoms with Gasteiger partial charge in [-0.15, -0.1) is 11.8 Å². The van der Waals surface area contributed by atoms with Crippen LogP contribution in [0.2, 0.25) is 0 Å². The first-order valence-electron chi connectivity index (χ1n) is 6.82. The van der Waals surface area contributed by atoms with Gasteiger partial charge in [0.2, 0.25) is 5.91 Å². The summed E-state index contributed by atoms with van der Waals surface area (Å²) in [6.07, 6.45) is 1.57. The van der Waals surface area contributed by atoms with Gasteiger partial charge in [0.1, 0.15) is 0 Å². The summed E-state index contributed by atoms with van der Waals surface area (Å²) >= 11 is 3.61. The molecule has 0 bridgehead atoms. The number of nitrogens with one attached hydrogen (secondary N) is 1. The van der Waals surface area contributed by atoms with Crippen LogP contribution in [0.3, 0.4) is 0 Å². The van der Waals surface area contributed by atoms with Crippen molar-refractivity contribution >= 4 is 29.4 Å². The van der Waals surface area contributed by atoms with Gasteiger partial charge in [0.15, 0.2) is 0 Å². The molecule has 1 aliphatic heterocycles. The second-order valence-electron chi connectivity index (χ2n) is 4.88. The van der Waals surface area contributed by atoms with Crippen molar-refractivity contribution in [2.75, 3.05) is 30.9 Å². The second kappa shape index (κ2) is 7.96. The van der Waals surface area contributed by atoms with Crippen LogP contribution in [0.4, 0.5) is 0 Å². The molecule has 1 saturated heterocycles. The van der Waals surface area contributed by atoms with Crippen LogP contribution < -0.4 is 5.32 Å². The number of carbonyl (C=O) groups is 1. The maximum absolute atomic E-state index is 11.9. The van der Waals surface area contributed by atoms with Gasteiger partial charge < -0.3 is 10.1 Å². The van der Waals surface area contributed by atoms with Gasteiger partial charge in [-0.2, -0.15) is 11.8 Å². The first kappa shape index (κ1) is 15.7. The van der Waals surface area contributed by atoms with Gasteiger partial charge in [-0.05, 0) is 24.3 Å². The predicted molar refractivity (Wildman–Crippen MR) is 86.5 cm³/mol. The third-order valence-electron chi connectivity index (χ3n) is 3.45. The summed E-state index contributed by atoms with van der Waals surface area (Å²) in [4.78, 5) is 13.1. The largest absolute Gasteiger partial charge is 0.376 e. The summed E-state index contributed by atoms with van der Waals surface area (Å²) in [5, 5.41) is 3.01. The number of rotatable bonds is 7. The van der Waals surface area contributed by atoms with E-state index in [1.165, 1.54) is 4.90 Å². The van der Waals surface area contributed by atoms with Crippen molar-refractivity contribution in [2.45, 2.75) is 23.3 Å². The van der Waals surface area contributed by atoms with Crippen molar-refractivity contribution in [3.63, 3.8) is 0 Å². The van der Waals surface area contributed by atoms with Gasteiger partial charge in [-0.1, -0.05) is 18.2 Å². The Morgan fingerprint density at radius 3 is 2.90 bits per heavy atom. The zero-order valence-electron chi connectivity index (χ0n) is 11.8. The topological polar surface area (TPSA) is 38.3 Å². The maximum Gasteiger partial charge on any atom is 0.220 e. The lowest BCUT2D eigenvalue weighted by Gasteiger charge is -2.26. The molecule has 1 aromatic carbocycles. The van der Waals surface area contributed by atoms with E-state index in [-0.39, 0.29) is 11.5 Å². The van der Waals surface area contributed by atoms with Gasteiger partial charge in [-0.25, -0.2) is 0 Å². The van der Waals surface area contributed by atoms with Crippen LogP contribution in [0.15, 0.2) is 35.2 Å². The Kier molecular flexibility index (Phi) is 6.26. The average molecular weight is 311 g/mol. The number of thioether (sulfide) groups is 2. The van der Waals surface area contributed by atoms with Gasteiger partial charge in [0.05, 0.1) is 5.60 Å². The van der Waals surface area contributed by atoms with E-state index in [9.17, 15) is 4.79 Å². The highest BCUT2D eigenvalue weighted by molar-refractivity contribution is 7.99. The van der Waals surface area contributed by atoms with E-state index in [0.717, 1.165) is 23.7 Å². The number of hydrogen-bond acceptors (Lipinski definition) is 4. The van der Waals surface area contributed by atoms with Crippen LogP contribution in [0.1, 0.15) is 12.8 Å². The van der Waals surface area contributed by atoms with E-state index in [1.54, 1.807) is 18.9 Å². The monoisotopic (exact) mass is 311 g/mol. The molecule has 20 heavy (non-hydrogen) atoms. The average Bonchev–Trinajstić information content (AvgIpc) is 2.96. The van der Waals surface area contributed by atoms with Gasteiger partial charge in [-0.3, -0.25) is 4.79 Å². The number of hydrogen-bond donors (Lipinski definition) is 1. The first-order chi connectivity index (χ1) is 9.74. The summed E-state index contributed by atoms with van der Waals surface area (Å²) < 4.78 is 5.58. The Labute approximate surface area is 129 Å². The number of ether oxygens (including phenoxy) is 1. The summed E-state index contributed by atoms with van der Waals surface area (Å²) in [6, 6.07) is 10.2. The van der Waals surface area contributed by atoms with Crippen molar-refractivity contribution in [3.05, 3.63) is 30.3 Å². The molecule has 0 spiro atoms. The molecule has 2 rings (SSSR count). The summed E-state index contributed by atoms with van der Waals surface area (Å²) in [6.45, 7) is 0.630. The van der Waals surface area contributed by atoms with Crippen molar-refractivity contribution in [1.82, 2.24) is 5.32 Å². The molecule has 1 amide bonds. The normalized spacial score (nSPS) is 21.9. The Balaban J connectivity index is 1.65. The van der Waals surface area contributed by atoms with Crippen LogP contribution in [0.25, 0.3) is 0 Å². The molecule has 0 radical (unpaired) electrons. The molecular formula is C15H21NO2S2. The molecule has 3 nitrogen and oxygen atoms in total. The minimum atomic E-state index is -0.146. The smallest absolute Gasteiger partial charge is 0.220 e. The van der Waals surface area contributed by atoms with E-state index < -0.39 is 0 Å². The molecule has 110 valence electrons. The van der Waals surface area contributed by atoms with Crippen LogP contribution >= 0.6 is 23.5 Å². The molecule has 1 heterocycles. The van der Waals surface area contributed by atoms with Crippen molar-refractivity contribution in [1.29, 1.82) is 0 Å². The zero-order chi connectivity index (χ0) is 14.3. The highest BCUT2D eigenvalue weighted by Crippen LogP contribution is 2.30. The highest BCUT2D eigenvalue weighted by atomic mass is 32.2. The highest BCUT2D eigenvalue weighted by Gasteiger charge is 2.34. The number of benzene rings is 1. The van der Waals surface area contributed by atoms with E-state index >= 15 is 0 Å². The number of methoxy groups -OCH3 is 1. The second-order valence-corrected chi connectivity index (χ2v) is 7.15. The zero-order valence-corrected chi connectivity index (χ0v) is 13.4. The Morgan fingerprint density at radius 2 is 2.25 bits per heavy atom. The molecule has 1 fully saturated rings. The third kappa shape index (κ3) is 4.72. The molecular weight excluding hydrogens is 290 g/mol. The molecule has 0 unspecified atom stereocenters. The third-order valence-corrected chi connectivity index (χ3v) is 5.69. The van der Waals surface area contributed by atoms with E-state index in [2.05, 4.69) is 17.4 Å². The molecule has 1 aliphatic rings. The van der Waals surface area contributed by atoms with Crippen LogP contribution in [-0.4, -0.2) is 42.4 Å². The summed E-state index contributed by atoms with van der Waals surface area (Å²) in [5.74, 6) is 3.02. The predicted octanol–water partition coefficient (Wildman–Crippen LogP) is 2.81. The van der Waals surface area contributed by atoms with E-state index in [1.807, 2.05) is 30.0 Å². The lowest BCUT2D eigenvalue weighted by Crippen LogP contribution is -2.44. The Bertz CT molecular complexity index is 419. The van der Waals surface area contributed by atoms with Gasteiger partial charge in [0.25, 0.3) is 0 Å². The Hall–Kier alpha value is -0.650. The minimum Gasteiger partial charge on any atom is -0.376 e. The van der Waals surface area contributed by atoms with Gasteiger partial charge >= 0.3 is 0 Å². The van der Waals surface area contributed by atoms with Crippen molar-refractivity contribution in [2.24, 2.45) is 0 Å². The number of carbonyl (C=O) groups excluding carboxylic acids is 1. The first-order valence-corrected chi connectivity index (χ1v) is 8.96. The molecule has 0 aliphatic carbocycles. The van der Waals surface area contributed by atoms with Crippen LogP contribution in [0.5, 0.6) is 0 Å². The molecule has 1 aromatic rings. The fourth-order valence-electron chi connectivity index (χ4n) is 2.09. The van der Waals surface area contributed by atoms with E-state index in [0.29, 0.717) is 13.0 Å². The van der Waals surface area contributed by atoms with Gasteiger partial charge in [0, 0.05) is 36.5 Å². The maximum atomic E-state index is 11.9. The SMILES string of the molecule is CO[C@]1(CNC(=O)CCSc2ccccc2)CCSC1. The molecule has 1 atom stereocenters. The van der Waals surface area contributed by atoms with Crippen molar-refractivity contribution in [3.8, 4) is 0 Å². The minimum absolute atomic E-state index is 0.113.